The van der Waals surface area contributed by atoms with E-state index in [0.29, 0.717) is 29.3 Å². The molecule has 1 N–H and O–H groups in total. The summed E-state index contributed by atoms with van der Waals surface area (Å²) >= 11 is 6.08. The molecule has 1 amide bonds. The van der Waals surface area contributed by atoms with Crippen LogP contribution < -0.4 is 10.1 Å². The van der Waals surface area contributed by atoms with E-state index in [1.807, 2.05) is 48.9 Å². The number of rotatable bonds is 6. The Balaban J connectivity index is 1.57. The fourth-order valence-corrected chi connectivity index (χ4v) is 3.18. The summed E-state index contributed by atoms with van der Waals surface area (Å²) in [6.07, 6.45) is 1.05. The first-order valence-corrected chi connectivity index (χ1v) is 9.10. The van der Waals surface area contributed by atoms with Gasteiger partial charge in [0, 0.05) is 17.8 Å². The van der Waals surface area contributed by atoms with Gasteiger partial charge in [0.2, 0.25) is 5.91 Å². The molecule has 0 spiro atoms. The lowest BCUT2D eigenvalue weighted by Gasteiger charge is -2.09. The van der Waals surface area contributed by atoms with Crippen molar-refractivity contribution in [3.63, 3.8) is 0 Å². The van der Waals surface area contributed by atoms with Gasteiger partial charge in [-0.1, -0.05) is 23.7 Å². The van der Waals surface area contributed by atoms with Crippen molar-refractivity contribution in [1.82, 2.24) is 9.78 Å². The van der Waals surface area contributed by atoms with Gasteiger partial charge in [0.25, 0.3) is 0 Å². The molecule has 5 nitrogen and oxygen atoms in total. The molecule has 0 unspecified atom stereocenters. The first-order valence-electron chi connectivity index (χ1n) is 8.72. The Morgan fingerprint density at radius 1 is 1.15 bits per heavy atom. The van der Waals surface area contributed by atoms with E-state index in [0.717, 1.165) is 22.6 Å². The molecule has 0 saturated heterocycles. The third kappa shape index (κ3) is 4.68. The molecule has 1 heterocycles. The number of benzene rings is 2. The minimum Gasteiger partial charge on any atom is -0.495 e. The molecule has 0 aliphatic carbocycles. The number of ether oxygens (including phenoxy) is 1. The smallest absolute Gasteiger partial charge is 0.224 e. The molecule has 0 atom stereocenters. The molecule has 0 saturated carbocycles. The Kier molecular flexibility index (Phi) is 5.81. The van der Waals surface area contributed by atoms with Gasteiger partial charge in [0.1, 0.15) is 5.75 Å². The molecule has 3 rings (SSSR count). The summed E-state index contributed by atoms with van der Waals surface area (Å²) < 4.78 is 7.03. The zero-order valence-electron chi connectivity index (χ0n) is 15.6. The Morgan fingerprint density at radius 3 is 2.48 bits per heavy atom. The van der Waals surface area contributed by atoms with E-state index >= 15 is 0 Å². The van der Waals surface area contributed by atoms with Gasteiger partial charge in [0.05, 0.1) is 23.5 Å². The average molecular weight is 384 g/mol. The van der Waals surface area contributed by atoms with Gasteiger partial charge in [-0.25, -0.2) is 4.68 Å². The van der Waals surface area contributed by atoms with Crippen LogP contribution in [0.25, 0.3) is 5.69 Å². The van der Waals surface area contributed by atoms with Crippen LogP contribution in [0.3, 0.4) is 0 Å². The standard InChI is InChI=1S/C21H22ClN3O2/c1-14-12-15(2)25(24-14)18-8-4-16(5-9-18)6-11-21(26)23-17-7-10-20(27-3)19(22)13-17/h4-5,7-10,12-13H,6,11H2,1-3H3,(H,23,26). The summed E-state index contributed by atoms with van der Waals surface area (Å²) in [5, 5.41) is 7.81. The highest BCUT2D eigenvalue weighted by molar-refractivity contribution is 6.32. The zero-order chi connectivity index (χ0) is 19.4. The summed E-state index contributed by atoms with van der Waals surface area (Å²) in [5.74, 6) is 0.524. The predicted octanol–water partition coefficient (Wildman–Crippen LogP) is 4.72. The summed E-state index contributed by atoms with van der Waals surface area (Å²) in [5.41, 5.74) is 4.86. The molecule has 1 aromatic heterocycles. The lowest BCUT2D eigenvalue weighted by atomic mass is 10.1. The first kappa shape index (κ1) is 19.0. The van der Waals surface area contributed by atoms with Gasteiger partial charge in [-0.15, -0.1) is 0 Å². The second-order valence-corrected chi connectivity index (χ2v) is 6.81. The van der Waals surface area contributed by atoms with Gasteiger partial charge in [0.15, 0.2) is 0 Å². The van der Waals surface area contributed by atoms with Crippen LogP contribution in [0.2, 0.25) is 5.02 Å². The van der Waals surface area contributed by atoms with Crippen LogP contribution >= 0.6 is 11.6 Å². The van der Waals surface area contributed by atoms with Gasteiger partial charge < -0.3 is 10.1 Å². The quantitative estimate of drug-likeness (QED) is 0.669. The maximum Gasteiger partial charge on any atom is 0.224 e. The highest BCUT2D eigenvalue weighted by Crippen LogP contribution is 2.27. The monoisotopic (exact) mass is 383 g/mol. The van der Waals surface area contributed by atoms with Crippen molar-refractivity contribution in [3.05, 3.63) is 70.5 Å². The molecule has 0 fully saturated rings. The number of methoxy groups -OCH3 is 1. The molecule has 0 aliphatic rings. The molecular weight excluding hydrogens is 362 g/mol. The Morgan fingerprint density at radius 2 is 1.89 bits per heavy atom. The van der Waals surface area contributed by atoms with E-state index in [-0.39, 0.29) is 5.91 Å². The van der Waals surface area contributed by atoms with E-state index < -0.39 is 0 Å². The molecule has 27 heavy (non-hydrogen) atoms. The number of amides is 1. The molecule has 0 radical (unpaired) electrons. The Bertz CT molecular complexity index is 949. The first-order chi connectivity index (χ1) is 13.0. The topological polar surface area (TPSA) is 56.1 Å². The molecular formula is C21H22ClN3O2. The number of carbonyl (C=O) groups excluding carboxylic acids is 1. The summed E-state index contributed by atoms with van der Waals surface area (Å²) in [6.45, 7) is 4.01. The number of nitrogens with zero attached hydrogens (tertiary/aromatic N) is 2. The fourth-order valence-electron chi connectivity index (χ4n) is 2.92. The molecule has 3 aromatic rings. The van der Waals surface area contributed by atoms with Crippen molar-refractivity contribution in [2.24, 2.45) is 0 Å². The van der Waals surface area contributed by atoms with Gasteiger partial charge in [-0.05, 0) is 62.2 Å². The minimum absolute atomic E-state index is 0.0566. The molecule has 2 aromatic carbocycles. The van der Waals surface area contributed by atoms with Crippen LogP contribution in [-0.4, -0.2) is 22.8 Å². The average Bonchev–Trinajstić information content (AvgIpc) is 2.99. The Labute approximate surface area is 163 Å². The van der Waals surface area contributed by atoms with Crippen molar-refractivity contribution in [3.8, 4) is 11.4 Å². The van der Waals surface area contributed by atoms with Crippen LogP contribution in [-0.2, 0) is 11.2 Å². The molecule has 0 aliphatic heterocycles. The number of carbonyl (C=O) groups is 1. The third-order valence-electron chi connectivity index (χ3n) is 4.27. The van der Waals surface area contributed by atoms with Crippen molar-refractivity contribution < 1.29 is 9.53 Å². The molecule has 140 valence electrons. The van der Waals surface area contributed by atoms with Gasteiger partial charge >= 0.3 is 0 Å². The van der Waals surface area contributed by atoms with Crippen LogP contribution in [0.1, 0.15) is 23.4 Å². The number of anilines is 1. The predicted molar refractivity (Wildman–Crippen MR) is 108 cm³/mol. The number of halogens is 1. The maximum atomic E-state index is 12.2. The fraction of sp³-hybridized carbons (Fsp3) is 0.238. The lowest BCUT2D eigenvalue weighted by Crippen LogP contribution is -2.12. The number of hydrogen-bond donors (Lipinski definition) is 1. The third-order valence-corrected chi connectivity index (χ3v) is 4.56. The van der Waals surface area contributed by atoms with Crippen LogP contribution in [0.5, 0.6) is 5.75 Å². The van der Waals surface area contributed by atoms with Gasteiger partial charge in [-0.3, -0.25) is 4.79 Å². The van der Waals surface area contributed by atoms with Gasteiger partial charge in [-0.2, -0.15) is 5.10 Å². The molecule has 6 heteroatoms. The van der Waals surface area contributed by atoms with Crippen LogP contribution in [0.15, 0.2) is 48.5 Å². The van der Waals surface area contributed by atoms with Crippen molar-refractivity contribution >= 4 is 23.2 Å². The second kappa shape index (κ2) is 8.27. The maximum absolute atomic E-state index is 12.2. The highest BCUT2D eigenvalue weighted by Gasteiger charge is 2.07. The normalized spacial score (nSPS) is 10.7. The zero-order valence-corrected chi connectivity index (χ0v) is 16.4. The van der Waals surface area contributed by atoms with Crippen molar-refractivity contribution in [1.29, 1.82) is 0 Å². The van der Waals surface area contributed by atoms with Crippen molar-refractivity contribution in [2.75, 3.05) is 12.4 Å². The minimum atomic E-state index is -0.0566. The second-order valence-electron chi connectivity index (χ2n) is 6.40. The highest BCUT2D eigenvalue weighted by atomic mass is 35.5. The number of aromatic nitrogens is 2. The number of nitrogens with one attached hydrogen (secondary N) is 1. The molecule has 0 bridgehead atoms. The van der Waals surface area contributed by atoms with E-state index in [2.05, 4.69) is 10.4 Å². The SMILES string of the molecule is COc1ccc(NC(=O)CCc2ccc(-n3nc(C)cc3C)cc2)cc1Cl. The van der Waals surface area contributed by atoms with E-state index in [1.54, 1.807) is 25.3 Å². The van der Waals surface area contributed by atoms with Crippen LogP contribution in [0.4, 0.5) is 5.69 Å². The summed E-state index contributed by atoms with van der Waals surface area (Å²) in [7, 11) is 1.56. The Hall–Kier alpha value is -2.79. The van der Waals surface area contributed by atoms with Crippen LogP contribution in [0, 0.1) is 13.8 Å². The largest absolute Gasteiger partial charge is 0.495 e. The lowest BCUT2D eigenvalue weighted by molar-refractivity contribution is -0.116. The summed E-state index contributed by atoms with van der Waals surface area (Å²) in [6, 6.07) is 15.3. The van der Waals surface area contributed by atoms with E-state index in [9.17, 15) is 4.79 Å². The summed E-state index contributed by atoms with van der Waals surface area (Å²) in [4.78, 5) is 12.2. The number of hydrogen-bond acceptors (Lipinski definition) is 3. The van der Waals surface area contributed by atoms with E-state index in [4.69, 9.17) is 16.3 Å². The number of aryl methyl sites for hydroxylation is 3. The van der Waals surface area contributed by atoms with Crippen molar-refractivity contribution in [2.45, 2.75) is 26.7 Å². The van der Waals surface area contributed by atoms with E-state index in [1.165, 1.54) is 0 Å².